The fraction of sp³-hybridized carbons (Fsp3) is 0.308. The first-order valence-electron chi connectivity index (χ1n) is 10.9. The molecule has 0 amide bonds. The van der Waals surface area contributed by atoms with Crippen LogP contribution in [0.2, 0.25) is 0 Å². The summed E-state index contributed by atoms with van der Waals surface area (Å²) in [7, 11) is 1.66. The van der Waals surface area contributed by atoms with E-state index in [1.165, 1.54) is 18.4 Å². The molecule has 0 saturated heterocycles. The zero-order valence-corrected chi connectivity index (χ0v) is 19.8. The topological polar surface area (TPSA) is 82.4 Å². The van der Waals surface area contributed by atoms with Crippen LogP contribution in [0.25, 0.3) is 11.1 Å². The van der Waals surface area contributed by atoms with Crippen molar-refractivity contribution in [2.45, 2.75) is 45.1 Å². The van der Waals surface area contributed by atoms with Crippen LogP contribution >= 0.6 is 15.9 Å². The first-order valence-corrected chi connectivity index (χ1v) is 11.7. The third-order valence-corrected chi connectivity index (χ3v) is 6.64. The van der Waals surface area contributed by atoms with Crippen molar-refractivity contribution in [2.24, 2.45) is 0 Å². The SMILES string of the molecule is COc1cc(-c2c(C#N)c(N)[nH+]c3c2CCCCCC3)ccc1COc1ccccc1Br. The maximum Gasteiger partial charge on any atom is 0.289 e. The van der Waals surface area contributed by atoms with Crippen molar-refractivity contribution < 1.29 is 14.5 Å². The first-order chi connectivity index (χ1) is 15.6. The van der Waals surface area contributed by atoms with Gasteiger partial charge in [-0.1, -0.05) is 37.1 Å². The van der Waals surface area contributed by atoms with E-state index in [9.17, 15) is 5.26 Å². The molecule has 164 valence electrons. The van der Waals surface area contributed by atoms with E-state index in [-0.39, 0.29) is 0 Å². The molecule has 5 nitrogen and oxygen atoms in total. The second kappa shape index (κ2) is 10.1. The fourth-order valence-corrected chi connectivity index (χ4v) is 4.75. The van der Waals surface area contributed by atoms with Crippen LogP contribution < -0.4 is 20.2 Å². The number of hydrogen-bond donors (Lipinski definition) is 1. The smallest absolute Gasteiger partial charge is 0.289 e. The van der Waals surface area contributed by atoms with Gasteiger partial charge in [0.05, 0.1) is 11.6 Å². The van der Waals surface area contributed by atoms with Gasteiger partial charge in [-0.3, -0.25) is 5.73 Å². The summed E-state index contributed by atoms with van der Waals surface area (Å²) in [5.74, 6) is 1.93. The van der Waals surface area contributed by atoms with E-state index in [4.69, 9.17) is 15.2 Å². The van der Waals surface area contributed by atoms with E-state index in [0.717, 1.165) is 64.0 Å². The number of aromatic amines is 1. The molecule has 0 radical (unpaired) electrons. The second-order valence-corrected chi connectivity index (χ2v) is 8.87. The molecule has 0 unspecified atom stereocenters. The molecule has 3 aromatic rings. The Bertz CT molecular complexity index is 1170. The molecule has 0 aliphatic heterocycles. The number of nitrogens with one attached hydrogen (secondary N) is 1. The first kappa shape index (κ1) is 22.2. The maximum atomic E-state index is 9.90. The lowest BCUT2D eigenvalue weighted by molar-refractivity contribution is -0.374. The summed E-state index contributed by atoms with van der Waals surface area (Å²) in [4.78, 5) is 3.31. The summed E-state index contributed by atoms with van der Waals surface area (Å²) >= 11 is 3.52. The molecule has 0 fully saturated rings. The number of ether oxygens (including phenoxy) is 2. The third kappa shape index (κ3) is 4.58. The highest BCUT2D eigenvalue weighted by Gasteiger charge is 2.24. The molecule has 6 heteroatoms. The Morgan fingerprint density at radius 3 is 2.59 bits per heavy atom. The van der Waals surface area contributed by atoms with Gasteiger partial charge >= 0.3 is 0 Å². The maximum absolute atomic E-state index is 9.90. The minimum absolute atomic E-state index is 0.375. The number of nitrogen functional groups attached to an aromatic ring is 1. The van der Waals surface area contributed by atoms with E-state index in [2.05, 4.69) is 27.0 Å². The van der Waals surface area contributed by atoms with E-state index < -0.39 is 0 Å². The summed E-state index contributed by atoms with van der Waals surface area (Å²) in [6.07, 6.45) is 6.56. The van der Waals surface area contributed by atoms with Crippen LogP contribution in [0, 0.1) is 11.3 Å². The van der Waals surface area contributed by atoms with Gasteiger partial charge in [-0.05, 0) is 59.0 Å². The number of pyridine rings is 1. The lowest BCUT2D eigenvalue weighted by Gasteiger charge is -2.19. The number of nitriles is 1. The summed E-state index contributed by atoms with van der Waals surface area (Å²) < 4.78 is 12.6. The Hall–Kier alpha value is -3.04. The number of aryl methyl sites for hydroxylation is 1. The number of benzene rings is 2. The highest BCUT2D eigenvalue weighted by atomic mass is 79.9. The third-order valence-electron chi connectivity index (χ3n) is 5.98. The minimum Gasteiger partial charge on any atom is -0.496 e. The number of aromatic nitrogens is 1. The van der Waals surface area contributed by atoms with Gasteiger partial charge < -0.3 is 9.47 Å². The van der Waals surface area contributed by atoms with Crippen LogP contribution in [-0.4, -0.2) is 7.11 Å². The molecular weight excluding hydrogens is 466 g/mol. The van der Waals surface area contributed by atoms with Gasteiger partial charge in [0.1, 0.15) is 35.4 Å². The van der Waals surface area contributed by atoms with Gasteiger partial charge in [-0.15, -0.1) is 0 Å². The molecule has 1 aromatic heterocycles. The number of hydrogen-bond acceptors (Lipinski definition) is 4. The van der Waals surface area contributed by atoms with Crippen LogP contribution in [-0.2, 0) is 19.4 Å². The van der Waals surface area contributed by atoms with Gasteiger partial charge in [0.2, 0.25) is 0 Å². The zero-order chi connectivity index (χ0) is 22.5. The molecule has 0 saturated carbocycles. The molecular formula is C26H27BrN3O2+. The molecule has 0 spiro atoms. The Morgan fingerprint density at radius 2 is 1.84 bits per heavy atom. The monoisotopic (exact) mass is 492 g/mol. The summed E-state index contributed by atoms with van der Waals surface area (Å²) in [6.45, 7) is 0.375. The lowest BCUT2D eigenvalue weighted by atomic mass is 9.87. The molecule has 1 heterocycles. The van der Waals surface area contributed by atoms with Crippen molar-refractivity contribution in [2.75, 3.05) is 12.8 Å². The number of para-hydroxylation sites is 1. The molecule has 4 rings (SSSR count). The quantitative estimate of drug-likeness (QED) is 0.500. The standard InChI is InChI=1S/C26H26BrN3O2/c1-31-24-14-17(12-13-18(24)16-32-23-11-7-6-9-21(23)27)25-19-8-4-2-3-5-10-22(19)30-26(29)20(25)15-28/h6-7,9,11-14H,2-5,8,10,16H2,1H3,(H2,29,30)/p+1. The van der Waals surface area contributed by atoms with Gasteiger partial charge in [-0.25, -0.2) is 4.98 Å². The molecule has 32 heavy (non-hydrogen) atoms. The summed E-state index contributed by atoms with van der Waals surface area (Å²) in [5.41, 5.74) is 11.9. The van der Waals surface area contributed by atoms with Crippen LogP contribution in [0.4, 0.5) is 5.82 Å². The van der Waals surface area contributed by atoms with E-state index in [1.54, 1.807) is 7.11 Å². The number of fused-ring (bicyclic) bond motifs is 1. The number of nitrogens with zero attached hydrogens (tertiary/aromatic N) is 1. The van der Waals surface area contributed by atoms with Gasteiger partial charge in [0.25, 0.3) is 5.82 Å². The van der Waals surface area contributed by atoms with Crippen LogP contribution in [0.3, 0.4) is 0 Å². The minimum atomic E-state index is 0.375. The molecule has 1 aliphatic carbocycles. The second-order valence-electron chi connectivity index (χ2n) is 8.02. The van der Waals surface area contributed by atoms with E-state index in [1.807, 2.05) is 42.5 Å². The van der Waals surface area contributed by atoms with Crippen molar-refractivity contribution >= 4 is 21.7 Å². The number of H-pyrrole nitrogens is 1. The number of methoxy groups -OCH3 is 1. The zero-order valence-electron chi connectivity index (χ0n) is 18.2. The summed E-state index contributed by atoms with van der Waals surface area (Å²) in [6, 6.07) is 16.1. The van der Waals surface area contributed by atoms with Crippen molar-refractivity contribution in [3.8, 4) is 28.7 Å². The van der Waals surface area contributed by atoms with Crippen LogP contribution in [0.1, 0.15) is 48.1 Å². The summed E-state index contributed by atoms with van der Waals surface area (Å²) in [5, 5.41) is 9.90. The molecule has 1 aliphatic rings. The van der Waals surface area contributed by atoms with Crippen molar-refractivity contribution in [1.82, 2.24) is 0 Å². The van der Waals surface area contributed by atoms with Crippen molar-refractivity contribution in [1.29, 1.82) is 5.26 Å². The Balaban J connectivity index is 1.74. The largest absolute Gasteiger partial charge is 0.496 e. The predicted octanol–water partition coefficient (Wildman–Crippen LogP) is 5.63. The Morgan fingerprint density at radius 1 is 1.06 bits per heavy atom. The number of rotatable bonds is 5. The lowest BCUT2D eigenvalue weighted by Crippen LogP contribution is -2.23. The van der Waals surface area contributed by atoms with E-state index in [0.29, 0.717) is 18.0 Å². The Kier molecular flexibility index (Phi) is 6.96. The molecule has 0 bridgehead atoms. The molecule has 2 aromatic carbocycles. The van der Waals surface area contributed by atoms with E-state index >= 15 is 0 Å². The van der Waals surface area contributed by atoms with Crippen LogP contribution in [0.5, 0.6) is 11.5 Å². The highest BCUT2D eigenvalue weighted by Crippen LogP contribution is 2.36. The number of nitrogens with two attached hydrogens (primary N) is 1. The van der Waals surface area contributed by atoms with Crippen molar-refractivity contribution in [3.63, 3.8) is 0 Å². The predicted molar refractivity (Wildman–Crippen MR) is 128 cm³/mol. The fourth-order valence-electron chi connectivity index (χ4n) is 4.35. The molecule has 0 atom stereocenters. The van der Waals surface area contributed by atoms with Gasteiger partial charge in [-0.2, -0.15) is 5.26 Å². The average Bonchev–Trinajstić information content (AvgIpc) is 2.79. The highest BCUT2D eigenvalue weighted by molar-refractivity contribution is 9.10. The molecule has 3 N–H and O–H groups in total. The number of anilines is 1. The van der Waals surface area contributed by atoms with Gasteiger partial charge in [0, 0.05) is 23.1 Å². The Labute approximate surface area is 197 Å². The average molecular weight is 493 g/mol. The van der Waals surface area contributed by atoms with Crippen LogP contribution in [0.15, 0.2) is 46.9 Å². The van der Waals surface area contributed by atoms with Crippen molar-refractivity contribution in [3.05, 3.63) is 69.3 Å². The van der Waals surface area contributed by atoms with Gasteiger partial charge in [0.15, 0.2) is 0 Å². The normalized spacial score (nSPS) is 13.4. The number of halogens is 1.